The van der Waals surface area contributed by atoms with E-state index in [9.17, 15) is 15.2 Å². The molecule has 6 heteroatoms. The molecule has 1 saturated heterocycles. The molecule has 0 unspecified atom stereocenters. The molecular weight excluding hydrogens is 320 g/mol. The predicted molar refractivity (Wildman–Crippen MR) is 94.1 cm³/mol. The zero-order valence-corrected chi connectivity index (χ0v) is 14.0. The highest BCUT2D eigenvalue weighted by atomic mass is 16.6. The number of nitrogens with zero attached hydrogens (tertiary/aromatic N) is 2. The van der Waals surface area contributed by atoms with Gasteiger partial charge in [0.15, 0.2) is 0 Å². The maximum absolute atomic E-state index is 11.2. The minimum absolute atomic E-state index is 0.0174. The monoisotopic (exact) mass is 342 g/mol. The molecule has 2 atom stereocenters. The van der Waals surface area contributed by atoms with Crippen molar-refractivity contribution in [1.29, 1.82) is 0 Å². The summed E-state index contributed by atoms with van der Waals surface area (Å²) in [6, 6.07) is 16.4. The average Bonchev–Trinajstić information content (AvgIpc) is 2.64. The van der Waals surface area contributed by atoms with E-state index in [2.05, 4.69) is 4.90 Å². The summed E-state index contributed by atoms with van der Waals surface area (Å²) in [5, 5.41) is 21.7. The molecule has 2 aromatic carbocycles. The quantitative estimate of drug-likeness (QED) is 0.645. The van der Waals surface area contributed by atoms with Crippen molar-refractivity contribution in [3.05, 3.63) is 75.8 Å². The molecule has 6 nitrogen and oxygen atoms in total. The zero-order chi connectivity index (χ0) is 17.6. The van der Waals surface area contributed by atoms with Crippen LogP contribution < -0.4 is 0 Å². The number of morpholine rings is 1. The molecule has 3 rings (SSSR count). The lowest BCUT2D eigenvalue weighted by Crippen LogP contribution is -2.45. The molecule has 0 amide bonds. The molecule has 1 fully saturated rings. The standard InChI is InChI=1S/C19H22N2O4/c22-19(15-6-2-1-3-7-15)12-17-14-25-11-10-20(17)13-16-8-4-5-9-18(16)21(23)24/h1-9,17,19,22H,10-14H2/t17-,19+/m1/s1. The number of aliphatic hydroxyl groups is 1. The number of nitro groups is 1. The first-order chi connectivity index (χ1) is 12.1. The SMILES string of the molecule is O=[N+]([O-])c1ccccc1CN1CCOC[C@H]1C[C@H](O)c1ccccc1. The van der Waals surface area contributed by atoms with Gasteiger partial charge in [-0.05, 0) is 12.0 Å². The van der Waals surface area contributed by atoms with Gasteiger partial charge in [-0.1, -0.05) is 48.5 Å². The van der Waals surface area contributed by atoms with E-state index in [1.165, 1.54) is 6.07 Å². The van der Waals surface area contributed by atoms with E-state index in [-0.39, 0.29) is 16.7 Å². The van der Waals surface area contributed by atoms with Crippen LogP contribution >= 0.6 is 0 Å². The molecule has 0 radical (unpaired) electrons. The number of para-hydroxylation sites is 1. The van der Waals surface area contributed by atoms with Crippen LogP contribution in [0.3, 0.4) is 0 Å². The van der Waals surface area contributed by atoms with Crippen LogP contribution in [0.25, 0.3) is 0 Å². The molecule has 0 spiro atoms. The van der Waals surface area contributed by atoms with Crippen LogP contribution in [-0.4, -0.2) is 40.7 Å². The Bertz CT molecular complexity index is 708. The summed E-state index contributed by atoms with van der Waals surface area (Å²) in [6.45, 7) is 2.29. The van der Waals surface area contributed by atoms with Gasteiger partial charge in [0.25, 0.3) is 5.69 Å². The lowest BCUT2D eigenvalue weighted by molar-refractivity contribution is -0.385. The summed E-state index contributed by atoms with van der Waals surface area (Å²) >= 11 is 0. The van der Waals surface area contributed by atoms with Gasteiger partial charge in [-0.2, -0.15) is 0 Å². The third-order valence-electron chi connectivity index (χ3n) is 4.59. The summed E-state index contributed by atoms with van der Waals surface area (Å²) in [7, 11) is 0. The fourth-order valence-corrected chi connectivity index (χ4v) is 3.22. The minimum Gasteiger partial charge on any atom is -0.388 e. The Morgan fingerprint density at radius 2 is 1.92 bits per heavy atom. The first kappa shape index (κ1) is 17.5. The van der Waals surface area contributed by atoms with Crippen LogP contribution in [0.1, 0.15) is 23.7 Å². The molecule has 0 saturated carbocycles. The van der Waals surface area contributed by atoms with Gasteiger partial charge in [0.1, 0.15) is 0 Å². The zero-order valence-electron chi connectivity index (χ0n) is 14.0. The van der Waals surface area contributed by atoms with E-state index < -0.39 is 6.10 Å². The minimum atomic E-state index is -0.582. The highest BCUT2D eigenvalue weighted by Gasteiger charge is 2.27. The van der Waals surface area contributed by atoms with Crippen molar-refractivity contribution in [3.8, 4) is 0 Å². The van der Waals surface area contributed by atoms with Crippen LogP contribution in [0.2, 0.25) is 0 Å². The van der Waals surface area contributed by atoms with Crippen LogP contribution in [0.4, 0.5) is 5.69 Å². The van der Waals surface area contributed by atoms with Gasteiger partial charge >= 0.3 is 0 Å². The van der Waals surface area contributed by atoms with Gasteiger partial charge in [0, 0.05) is 30.8 Å². The van der Waals surface area contributed by atoms with Crippen LogP contribution in [0.15, 0.2) is 54.6 Å². The Balaban J connectivity index is 1.72. The van der Waals surface area contributed by atoms with Crippen molar-refractivity contribution in [2.75, 3.05) is 19.8 Å². The van der Waals surface area contributed by atoms with Crippen molar-refractivity contribution >= 4 is 5.69 Å². The summed E-state index contributed by atoms with van der Waals surface area (Å²) in [6.07, 6.45) is -0.0499. The fourth-order valence-electron chi connectivity index (χ4n) is 3.22. The maximum atomic E-state index is 11.2. The van der Waals surface area contributed by atoms with Crippen molar-refractivity contribution in [2.45, 2.75) is 25.1 Å². The second-order valence-corrected chi connectivity index (χ2v) is 6.25. The topological polar surface area (TPSA) is 75.8 Å². The average molecular weight is 342 g/mol. The van der Waals surface area contributed by atoms with Gasteiger partial charge in [0.05, 0.1) is 24.2 Å². The fraction of sp³-hybridized carbons (Fsp3) is 0.368. The Morgan fingerprint density at radius 1 is 1.20 bits per heavy atom. The number of benzene rings is 2. The molecule has 0 aliphatic carbocycles. The first-order valence-corrected chi connectivity index (χ1v) is 8.42. The lowest BCUT2D eigenvalue weighted by atomic mass is 10.00. The lowest BCUT2D eigenvalue weighted by Gasteiger charge is -2.36. The Hall–Kier alpha value is -2.28. The number of nitro benzene ring substituents is 1. The number of aliphatic hydroxyl groups excluding tert-OH is 1. The van der Waals surface area contributed by atoms with Crippen LogP contribution in [-0.2, 0) is 11.3 Å². The second kappa shape index (κ2) is 8.20. The molecule has 1 aliphatic rings. The van der Waals surface area contributed by atoms with Crippen molar-refractivity contribution in [2.24, 2.45) is 0 Å². The summed E-state index contributed by atoms with van der Waals surface area (Å²) in [4.78, 5) is 13.1. The van der Waals surface area contributed by atoms with Crippen molar-refractivity contribution in [3.63, 3.8) is 0 Å². The summed E-state index contributed by atoms with van der Waals surface area (Å²) in [5.74, 6) is 0. The predicted octanol–water partition coefficient (Wildman–Crippen LogP) is 2.92. The second-order valence-electron chi connectivity index (χ2n) is 6.25. The van der Waals surface area contributed by atoms with E-state index in [0.29, 0.717) is 38.3 Å². The molecule has 25 heavy (non-hydrogen) atoms. The van der Waals surface area contributed by atoms with Crippen LogP contribution in [0, 0.1) is 10.1 Å². The number of hydrogen-bond donors (Lipinski definition) is 1. The number of ether oxygens (including phenoxy) is 1. The van der Waals surface area contributed by atoms with E-state index in [1.807, 2.05) is 36.4 Å². The van der Waals surface area contributed by atoms with Crippen molar-refractivity contribution < 1.29 is 14.8 Å². The van der Waals surface area contributed by atoms with E-state index >= 15 is 0 Å². The Morgan fingerprint density at radius 3 is 2.68 bits per heavy atom. The smallest absolute Gasteiger partial charge is 0.273 e. The van der Waals surface area contributed by atoms with Gasteiger partial charge in [0.2, 0.25) is 0 Å². The van der Waals surface area contributed by atoms with Gasteiger partial charge in [-0.25, -0.2) is 0 Å². The van der Waals surface area contributed by atoms with Gasteiger partial charge in [-0.3, -0.25) is 15.0 Å². The van der Waals surface area contributed by atoms with Gasteiger partial charge in [-0.15, -0.1) is 0 Å². The maximum Gasteiger partial charge on any atom is 0.273 e. The highest BCUT2D eigenvalue weighted by Crippen LogP contribution is 2.26. The molecule has 132 valence electrons. The normalized spacial score (nSPS) is 19.5. The Labute approximate surface area is 146 Å². The molecule has 0 aromatic heterocycles. The van der Waals surface area contributed by atoms with E-state index in [4.69, 9.17) is 4.74 Å². The Kier molecular flexibility index (Phi) is 5.75. The summed E-state index contributed by atoms with van der Waals surface area (Å²) < 4.78 is 5.58. The van der Waals surface area contributed by atoms with E-state index in [1.54, 1.807) is 12.1 Å². The van der Waals surface area contributed by atoms with Crippen molar-refractivity contribution in [1.82, 2.24) is 4.90 Å². The van der Waals surface area contributed by atoms with E-state index in [0.717, 1.165) is 5.56 Å². The van der Waals surface area contributed by atoms with Crippen LogP contribution in [0.5, 0.6) is 0 Å². The molecule has 2 aromatic rings. The first-order valence-electron chi connectivity index (χ1n) is 8.42. The molecular formula is C19H22N2O4. The molecule has 1 aliphatic heterocycles. The molecule has 1 heterocycles. The third kappa shape index (κ3) is 4.42. The molecule has 1 N–H and O–H groups in total. The summed E-state index contributed by atoms with van der Waals surface area (Å²) in [5.41, 5.74) is 1.70. The molecule has 0 bridgehead atoms. The van der Waals surface area contributed by atoms with Gasteiger partial charge < -0.3 is 9.84 Å². The highest BCUT2D eigenvalue weighted by molar-refractivity contribution is 5.39. The number of hydrogen-bond acceptors (Lipinski definition) is 5. The number of rotatable bonds is 6. The largest absolute Gasteiger partial charge is 0.388 e. The third-order valence-corrected chi connectivity index (χ3v) is 4.59.